The Bertz CT molecular complexity index is 67.7. The zero-order chi connectivity index (χ0) is 4.28. The molecule has 0 atom stereocenters. The molecule has 9 nitrogen and oxygen atoms in total. The quantitative estimate of drug-likeness (QED) is 0.277. The highest BCUT2D eigenvalue weighted by atomic mass is 16.4. The predicted octanol–water partition coefficient (Wildman–Crippen LogP) is 1.39. The molecule has 0 aliphatic rings. The van der Waals surface area contributed by atoms with E-state index in [1.165, 1.54) is 0 Å². The van der Waals surface area contributed by atoms with Gasteiger partial charge in [-0.2, -0.15) is 0 Å². The van der Waals surface area contributed by atoms with Gasteiger partial charge in [0.05, 0.1) is 0 Å². The van der Waals surface area contributed by atoms with Gasteiger partial charge in [0.2, 0.25) is 0 Å². The third-order valence-corrected chi connectivity index (χ3v) is 0.175. The smallest absolute Gasteiger partial charge is 0.327 e. The van der Waals surface area contributed by atoms with Crippen molar-refractivity contribution in [1.82, 2.24) is 43.1 Å². The maximum Gasteiger partial charge on any atom is 0.327 e. The van der Waals surface area contributed by atoms with Crippen molar-refractivity contribution in [2.75, 3.05) is 0 Å². The maximum absolute atomic E-state index is 9.25. The Kier molecular flexibility index (Phi) is 965. The third-order valence-electron chi connectivity index (χ3n) is 0.175. The van der Waals surface area contributed by atoms with Crippen LogP contribution in [0.3, 0.4) is 0 Å². The van der Waals surface area contributed by atoms with Gasteiger partial charge in [-0.15, -0.1) is 0 Å². The fraction of sp³-hybridized carbons (Fsp3) is 0. The average Bonchev–Trinajstić information content (AvgIpc) is 1.38. The largest absolute Gasteiger partial charge is 0.478 e. The third kappa shape index (κ3) is 649. The minimum Gasteiger partial charge on any atom is -0.478 e. The summed E-state index contributed by atoms with van der Waals surface area (Å²) in [4.78, 5) is 9.25. The van der Waals surface area contributed by atoms with Crippen molar-refractivity contribution < 1.29 is 9.90 Å². The molecule has 12 heavy (non-hydrogen) atoms. The normalized spacial score (nSPS) is 2.67. The predicted molar refractivity (Wildman–Crippen MR) is 53.0 cm³/mol. The molecular formula is C3H25N7O2. The number of hydrogen-bond donors (Lipinski definition) is 8. The Labute approximate surface area is 72.7 Å². The first-order valence-corrected chi connectivity index (χ1v) is 1.12. The van der Waals surface area contributed by atoms with Crippen molar-refractivity contribution in [3.05, 3.63) is 12.7 Å². The van der Waals surface area contributed by atoms with Crippen LogP contribution in [0.2, 0.25) is 0 Å². The van der Waals surface area contributed by atoms with E-state index in [-0.39, 0.29) is 43.1 Å². The van der Waals surface area contributed by atoms with E-state index in [9.17, 15) is 4.79 Å². The van der Waals surface area contributed by atoms with Crippen LogP contribution < -0.4 is 43.1 Å². The van der Waals surface area contributed by atoms with Crippen molar-refractivity contribution in [1.29, 1.82) is 0 Å². The summed E-state index contributed by atoms with van der Waals surface area (Å²) in [5.74, 6) is -0.981. The van der Waals surface area contributed by atoms with Crippen LogP contribution in [0.4, 0.5) is 0 Å². The molecular weight excluding hydrogens is 166 g/mol. The van der Waals surface area contributed by atoms with Crippen molar-refractivity contribution in [2.24, 2.45) is 0 Å². The molecule has 0 fully saturated rings. The number of carboxylic acid groups (broad SMARTS) is 1. The van der Waals surface area contributed by atoms with Gasteiger partial charge in [0.15, 0.2) is 0 Å². The molecule has 0 bridgehead atoms. The summed E-state index contributed by atoms with van der Waals surface area (Å²) in [5.41, 5.74) is 0. The number of rotatable bonds is 1. The zero-order valence-electron chi connectivity index (χ0n) is 7.59. The highest BCUT2D eigenvalue weighted by molar-refractivity contribution is 5.78. The van der Waals surface area contributed by atoms with Gasteiger partial charge in [-0.3, -0.25) is 0 Å². The zero-order valence-corrected chi connectivity index (χ0v) is 7.59. The number of aliphatic carboxylic acids is 1. The van der Waals surface area contributed by atoms with Crippen LogP contribution >= 0.6 is 0 Å². The van der Waals surface area contributed by atoms with Crippen LogP contribution in [0.15, 0.2) is 12.7 Å². The molecule has 0 unspecified atom stereocenters. The van der Waals surface area contributed by atoms with Gasteiger partial charge < -0.3 is 48.2 Å². The van der Waals surface area contributed by atoms with E-state index in [0.29, 0.717) is 0 Å². The summed E-state index contributed by atoms with van der Waals surface area (Å²) in [5, 5.41) is 7.60. The minimum atomic E-state index is -0.981. The first-order chi connectivity index (χ1) is 2.27. The monoisotopic (exact) mass is 191 g/mol. The fourth-order valence-electron chi connectivity index (χ4n) is 0. The molecule has 0 heterocycles. The molecule has 0 radical (unpaired) electrons. The standard InChI is InChI=1S/C3H4O2.7H3N/c1-2-3(4)5;;;;;;;/h2H,1H2,(H,4,5);7*1H3. The summed E-state index contributed by atoms with van der Waals surface area (Å²) >= 11 is 0. The van der Waals surface area contributed by atoms with Gasteiger partial charge in [0.1, 0.15) is 0 Å². The van der Waals surface area contributed by atoms with E-state index >= 15 is 0 Å². The molecule has 22 N–H and O–H groups in total. The summed E-state index contributed by atoms with van der Waals surface area (Å²) in [7, 11) is 0. The van der Waals surface area contributed by atoms with E-state index in [0.717, 1.165) is 6.08 Å². The van der Waals surface area contributed by atoms with Crippen LogP contribution in [0.5, 0.6) is 0 Å². The first-order valence-electron chi connectivity index (χ1n) is 1.12. The van der Waals surface area contributed by atoms with Crippen LogP contribution in [0.1, 0.15) is 0 Å². The second-order valence-corrected chi connectivity index (χ2v) is 0.542. The number of hydrogen-bond acceptors (Lipinski definition) is 8. The second kappa shape index (κ2) is 92.2. The SMILES string of the molecule is C=CC(=O)O.N.N.N.N.N.N.N. The lowest BCUT2D eigenvalue weighted by atomic mass is 10.7. The lowest BCUT2D eigenvalue weighted by Crippen LogP contribution is -1.82. The summed E-state index contributed by atoms with van der Waals surface area (Å²) in [6.45, 7) is 2.96. The van der Waals surface area contributed by atoms with Crippen LogP contribution in [0.25, 0.3) is 0 Å². The molecule has 0 aromatic heterocycles. The van der Waals surface area contributed by atoms with E-state index in [1.807, 2.05) is 0 Å². The van der Waals surface area contributed by atoms with Crippen LogP contribution in [-0.2, 0) is 4.79 Å². The minimum absolute atomic E-state index is 0. The molecule has 0 saturated carbocycles. The highest BCUT2D eigenvalue weighted by Crippen LogP contribution is 1.54. The molecule has 0 amide bonds. The molecule has 0 aromatic carbocycles. The second-order valence-electron chi connectivity index (χ2n) is 0.542. The summed E-state index contributed by atoms with van der Waals surface area (Å²) < 4.78 is 0. The van der Waals surface area contributed by atoms with Gasteiger partial charge in [0.25, 0.3) is 0 Å². The number of carboxylic acids is 1. The lowest BCUT2D eigenvalue weighted by molar-refractivity contribution is -0.131. The maximum atomic E-state index is 9.25. The van der Waals surface area contributed by atoms with Crippen molar-refractivity contribution in [3.8, 4) is 0 Å². The average molecular weight is 191 g/mol. The van der Waals surface area contributed by atoms with E-state index in [1.54, 1.807) is 0 Å². The summed E-state index contributed by atoms with van der Waals surface area (Å²) in [6.07, 6.45) is 0.833. The summed E-state index contributed by atoms with van der Waals surface area (Å²) in [6, 6.07) is 0. The molecule has 0 aromatic rings. The van der Waals surface area contributed by atoms with Crippen molar-refractivity contribution >= 4 is 5.97 Å². The van der Waals surface area contributed by atoms with Gasteiger partial charge in [-0.25, -0.2) is 4.79 Å². The van der Waals surface area contributed by atoms with Gasteiger partial charge in [-0.05, 0) is 0 Å². The van der Waals surface area contributed by atoms with Crippen LogP contribution in [0, 0.1) is 0 Å². The fourth-order valence-corrected chi connectivity index (χ4v) is 0. The topological polar surface area (TPSA) is 282 Å². The molecule has 0 rings (SSSR count). The lowest BCUT2D eigenvalue weighted by Gasteiger charge is -1.64. The Balaban J connectivity index is -0.00000000381. The van der Waals surface area contributed by atoms with Gasteiger partial charge in [0, 0.05) is 6.08 Å². The van der Waals surface area contributed by atoms with E-state index in [2.05, 4.69) is 6.58 Å². The van der Waals surface area contributed by atoms with Crippen molar-refractivity contribution in [2.45, 2.75) is 0 Å². The van der Waals surface area contributed by atoms with Gasteiger partial charge >= 0.3 is 5.97 Å². The Hall–Kier alpha value is -1.07. The molecule has 0 spiro atoms. The Morgan fingerprint density at radius 3 is 1.00 bits per heavy atom. The van der Waals surface area contributed by atoms with Crippen LogP contribution in [-0.4, -0.2) is 11.1 Å². The molecule has 9 heteroatoms. The highest BCUT2D eigenvalue weighted by Gasteiger charge is 1.73. The van der Waals surface area contributed by atoms with Crippen molar-refractivity contribution in [3.63, 3.8) is 0 Å². The van der Waals surface area contributed by atoms with E-state index in [4.69, 9.17) is 5.11 Å². The first kappa shape index (κ1) is 126. The Morgan fingerprint density at radius 1 is 0.917 bits per heavy atom. The van der Waals surface area contributed by atoms with Gasteiger partial charge in [-0.1, -0.05) is 6.58 Å². The van der Waals surface area contributed by atoms with E-state index < -0.39 is 5.97 Å². The molecule has 0 aliphatic carbocycles. The number of carbonyl (C=O) groups is 1. The Morgan fingerprint density at radius 2 is 1.00 bits per heavy atom. The molecule has 84 valence electrons. The molecule has 0 saturated heterocycles. The molecule has 0 aliphatic heterocycles.